The molecule has 0 saturated heterocycles. The Kier molecular flexibility index (Phi) is 2.52. The SMILES string of the molecule is CC(C)(C)c1csc(C(F)F)c1. The molecular formula is C9H12F2S. The van der Waals surface area contributed by atoms with Crippen molar-refractivity contribution in [2.45, 2.75) is 32.6 Å². The fourth-order valence-corrected chi connectivity index (χ4v) is 1.84. The van der Waals surface area contributed by atoms with Gasteiger partial charge in [-0.1, -0.05) is 20.8 Å². The average molecular weight is 190 g/mol. The van der Waals surface area contributed by atoms with Gasteiger partial charge in [-0.05, 0) is 22.4 Å². The molecule has 12 heavy (non-hydrogen) atoms. The summed E-state index contributed by atoms with van der Waals surface area (Å²) in [7, 11) is 0. The number of rotatable bonds is 1. The Balaban J connectivity index is 2.92. The van der Waals surface area contributed by atoms with E-state index in [1.807, 2.05) is 26.2 Å². The third-order valence-electron chi connectivity index (χ3n) is 1.70. The lowest BCUT2D eigenvalue weighted by molar-refractivity contribution is 0.155. The molecule has 0 aliphatic rings. The van der Waals surface area contributed by atoms with Crippen molar-refractivity contribution in [2.75, 3.05) is 0 Å². The lowest BCUT2D eigenvalue weighted by Crippen LogP contribution is -2.09. The number of hydrogen-bond acceptors (Lipinski definition) is 1. The van der Waals surface area contributed by atoms with Crippen LogP contribution in [0, 0.1) is 0 Å². The summed E-state index contributed by atoms with van der Waals surface area (Å²) in [5.74, 6) is 0. The molecule has 0 bridgehead atoms. The first-order valence-electron chi connectivity index (χ1n) is 3.78. The van der Waals surface area contributed by atoms with E-state index in [9.17, 15) is 8.78 Å². The first-order chi connectivity index (χ1) is 5.41. The van der Waals surface area contributed by atoms with Crippen LogP contribution in [0.3, 0.4) is 0 Å². The van der Waals surface area contributed by atoms with Gasteiger partial charge in [-0.25, -0.2) is 8.78 Å². The van der Waals surface area contributed by atoms with Crippen molar-refractivity contribution < 1.29 is 8.78 Å². The molecule has 0 saturated carbocycles. The molecule has 0 nitrogen and oxygen atoms in total. The molecule has 1 rings (SSSR count). The molecule has 0 radical (unpaired) electrons. The van der Waals surface area contributed by atoms with Crippen LogP contribution in [0.5, 0.6) is 0 Å². The molecule has 3 heteroatoms. The van der Waals surface area contributed by atoms with Gasteiger partial charge in [0.15, 0.2) is 0 Å². The summed E-state index contributed by atoms with van der Waals surface area (Å²) in [4.78, 5) is 0.167. The zero-order chi connectivity index (χ0) is 9.35. The minimum absolute atomic E-state index is 0.0242. The molecule has 0 fully saturated rings. The Morgan fingerprint density at radius 2 is 1.92 bits per heavy atom. The zero-order valence-corrected chi connectivity index (χ0v) is 8.21. The summed E-state index contributed by atoms with van der Waals surface area (Å²) in [6.45, 7) is 6.05. The fraction of sp³-hybridized carbons (Fsp3) is 0.556. The second kappa shape index (κ2) is 3.13. The molecule has 0 amide bonds. The van der Waals surface area contributed by atoms with Gasteiger partial charge in [0.25, 0.3) is 6.43 Å². The van der Waals surface area contributed by atoms with Gasteiger partial charge in [0.05, 0.1) is 4.88 Å². The van der Waals surface area contributed by atoms with E-state index in [1.54, 1.807) is 6.07 Å². The number of thiophene rings is 1. The van der Waals surface area contributed by atoms with Crippen LogP contribution >= 0.6 is 11.3 Å². The molecule has 0 atom stereocenters. The standard InChI is InChI=1S/C9H12F2S/c1-9(2,3)6-4-7(8(10)11)12-5-6/h4-5,8H,1-3H3. The van der Waals surface area contributed by atoms with Crippen LogP contribution in [0.2, 0.25) is 0 Å². The van der Waals surface area contributed by atoms with Crippen molar-refractivity contribution in [1.82, 2.24) is 0 Å². The molecule has 0 N–H and O–H groups in total. The van der Waals surface area contributed by atoms with Crippen molar-refractivity contribution in [2.24, 2.45) is 0 Å². The molecular weight excluding hydrogens is 178 g/mol. The van der Waals surface area contributed by atoms with E-state index >= 15 is 0 Å². The van der Waals surface area contributed by atoms with Crippen LogP contribution in [-0.2, 0) is 5.41 Å². The Morgan fingerprint density at radius 1 is 1.33 bits per heavy atom. The van der Waals surface area contributed by atoms with Gasteiger partial charge in [0.1, 0.15) is 0 Å². The maximum absolute atomic E-state index is 12.2. The monoisotopic (exact) mass is 190 g/mol. The third kappa shape index (κ3) is 2.03. The predicted octanol–water partition coefficient (Wildman–Crippen LogP) is 3.98. The van der Waals surface area contributed by atoms with Gasteiger partial charge >= 0.3 is 0 Å². The van der Waals surface area contributed by atoms with E-state index in [4.69, 9.17) is 0 Å². The van der Waals surface area contributed by atoms with Crippen molar-refractivity contribution >= 4 is 11.3 Å². The molecule has 0 aliphatic carbocycles. The Hall–Kier alpha value is -0.440. The maximum Gasteiger partial charge on any atom is 0.272 e. The third-order valence-corrected chi connectivity index (χ3v) is 2.64. The lowest BCUT2D eigenvalue weighted by atomic mass is 9.89. The Bertz CT molecular complexity index is 258. The Labute approximate surface area is 75.2 Å². The van der Waals surface area contributed by atoms with Gasteiger partial charge < -0.3 is 0 Å². The van der Waals surface area contributed by atoms with Gasteiger partial charge in [-0.3, -0.25) is 0 Å². The van der Waals surface area contributed by atoms with Crippen LogP contribution in [-0.4, -0.2) is 0 Å². The van der Waals surface area contributed by atoms with Gasteiger partial charge in [0.2, 0.25) is 0 Å². The summed E-state index contributed by atoms with van der Waals surface area (Å²) >= 11 is 1.13. The van der Waals surface area contributed by atoms with E-state index in [2.05, 4.69) is 0 Å². The van der Waals surface area contributed by atoms with E-state index in [0.29, 0.717) is 0 Å². The highest BCUT2D eigenvalue weighted by molar-refractivity contribution is 7.10. The van der Waals surface area contributed by atoms with Crippen molar-refractivity contribution in [3.8, 4) is 0 Å². The average Bonchev–Trinajstić information content (AvgIpc) is 2.30. The minimum Gasteiger partial charge on any atom is -0.204 e. The number of halogens is 2. The summed E-state index contributed by atoms with van der Waals surface area (Å²) < 4.78 is 24.4. The molecule has 68 valence electrons. The molecule has 0 spiro atoms. The smallest absolute Gasteiger partial charge is 0.204 e. The zero-order valence-electron chi connectivity index (χ0n) is 7.40. The molecule has 0 aromatic carbocycles. The molecule has 1 aromatic heterocycles. The second-order valence-electron chi connectivity index (χ2n) is 3.79. The first-order valence-corrected chi connectivity index (χ1v) is 4.66. The maximum atomic E-state index is 12.2. The molecule has 0 unspecified atom stereocenters. The highest BCUT2D eigenvalue weighted by Gasteiger charge is 2.18. The highest BCUT2D eigenvalue weighted by Crippen LogP contribution is 2.32. The summed E-state index contributed by atoms with van der Waals surface area (Å²) in [6.07, 6.45) is -2.33. The van der Waals surface area contributed by atoms with Gasteiger partial charge in [0, 0.05) is 0 Å². The Morgan fingerprint density at radius 3 is 2.17 bits per heavy atom. The van der Waals surface area contributed by atoms with Crippen molar-refractivity contribution in [3.05, 3.63) is 21.9 Å². The quantitative estimate of drug-likeness (QED) is 0.628. The summed E-state index contributed by atoms with van der Waals surface area (Å²) in [5.41, 5.74) is 0.965. The van der Waals surface area contributed by atoms with Gasteiger partial charge in [-0.2, -0.15) is 0 Å². The predicted molar refractivity (Wildman–Crippen MR) is 48.0 cm³/mol. The number of hydrogen-bond donors (Lipinski definition) is 0. The summed E-state index contributed by atoms with van der Waals surface area (Å²) in [5, 5.41) is 1.81. The van der Waals surface area contributed by atoms with E-state index in [0.717, 1.165) is 16.9 Å². The second-order valence-corrected chi connectivity index (χ2v) is 4.73. The first kappa shape index (κ1) is 9.65. The van der Waals surface area contributed by atoms with Crippen LogP contribution < -0.4 is 0 Å². The van der Waals surface area contributed by atoms with Crippen molar-refractivity contribution in [3.63, 3.8) is 0 Å². The molecule has 0 aliphatic heterocycles. The molecule has 1 aromatic rings. The van der Waals surface area contributed by atoms with Crippen LogP contribution in [0.15, 0.2) is 11.4 Å². The molecule has 1 heterocycles. The van der Waals surface area contributed by atoms with E-state index in [-0.39, 0.29) is 10.3 Å². The topological polar surface area (TPSA) is 0 Å². The van der Waals surface area contributed by atoms with E-state index < -0.39 is 6.43 Å². The minimum atomic E-state index is -2.33. The number of alkyl halides is 2. The summed E-state index contributed by atoms with van der Waals surface area (Å²) in [6, 6.07) is 1.59. The van der Waals surface area contributed by atoms with Crippen LogP contribution in [0.4, 0.5) is 8.78 Å². The van der Waals surface area contributed by atoms with E-state index in [1.165, 1.54) is 0 Å². The fourth-order valence-electron chi connectivity index (χ4n) is 0.861. The van der Waals surface area contributed by atoms with Gasteiger partial charge in [-0.15, -0.1) is 11.3 Å². The van der Waals surface area contributed by atoms with Crippen molar-refractivity contribution in [1.29, 1.82) is 0 Å². The normalized spacial score (nSPS) is 12.5. The lowest BCUT2D eigenvalue weighted by Gasteiger charge is -2.15. The van der Waals surface area contributed by atoms with Crippen LogP contribution in [0.1, 0.15) is 37.6 Å². The van der Waals surface area contributed by atoms with Crippen LogP contribution in [0.25, 0.3) is 0 Å². The highest BCUT2D eigenvalue weighted by atomic mass is 32.1. The largest absolute Gasteiger partial charge is 0.272 e.